The molecular weight excluding hydrogens is 320 g/mol. The van der Waals surface area contributed by atoms with Gasteiger partial charge in [0, 0.05) is 31.4 Å². The third kappa shape index (κ3) is 3.40. The van der Waals surface area contributed by atoms with E-state index in [4.69, 9.17) is 9.47 Å². The average molecular weight is 350 g/mol. The minimum Gasteiger partial charge on any atom is -0.444 e. The Morgan fingerprint density at radius 3 is 2.72 bits per heavy atom. The molecule has 1 aromatic rings. The first kappa shape index (κ1) is 18.2. The topological polar surface area (TPSA) is 68.6 Å². The summed E-state index contributed by atoms with van der Waals surface area (Å²) in [5.74, 6) is 0. The Hall–Kier alpha value is -1.60. The van der Waals surface area contributed by atoms with Crippen LogP contribution in [0.3, 0.4) is 0 Å². The molecule has 2 fully saturated rings. The molecule has 2 aliphatic heterocycles. The molecule has 25 heavy (non-hydrogen) atoms. The molecular formula is C18H30N4O3. The lowest BCUT2D eigenvalue weighted by molar-refractivity contribution is -0.0904. The molecule has 3 rings (SSSR count). The van der Waals surface area contributed by atoms with Crippen molar-refractivity contribution in [3.05, 3.63) is 17.0 Å². The van der Waals surface area contributed by atoms with Crippen molar-refractivity contribution in [2.45, 2.75) is 58.3 Å². The largest absolute Gasteiger partial charge is 0.444 e. The zero-order chi connectivity index (χ0) is 18.4. The fourth-order valence-electron chi connectivity index (χ4n) is 3.94. The summed E-state index contributed by atoms with van der Waals surface area (Å²) in [6.07, 6.45) is 0.523. The highest BCUT2D eigenvalue weighted by molar-refractivity contribution is 5.68. The Kier molecular flexibility index (Phi) is 4.58. The number of aryl methyl sites for hydroxylation is 2. The second kappa shape index (κ2) is 6.29. The highest BCUT2D eigenvalue weighted by Crippen LogP contribution is 2.41. The molecule has 0 radical (unpaired) electrons. The summed E-state index contributed by atoms with van der Waals surface area (Å²) in [6.45, 7) is 12.4. The van der Waals surface area contributed by atoms with Gasteiger partial charge in [-0.05, 0) is 41.0 Å². The lowest BCUT2D eigenvalue weighted by atomic mass is 9.85. The van der Waals surface area contributed by atoms with Gasteiger partial charge in [0.05, 0.1) is 24.9 Å². The van der Waals surface area contributed by atoms with E-state index in [1.165, 1.54) is 5.56 Å². The number of ether oxygens (including phenoxy) is 2. The van der Waals surface area contributed by atoms with Crippen LogP contribution in [0.5, 0.6) is 0 Å². The SMILES string of the molecule is Cc1nn(C)c(C)c1C1NCCOC12CCN(C(=O)OC(C)(C)C)C2. The molecule has 140 valence electrons. The molecule has 2 unspecified atom stereocenters. The van der Waals surface area contributed by atoms with E-state index in [-0.39, 0.29) is 12.1 Å². The highest BCUT2D eigenvalue weighted by Gasteiger charge is 2.51. The fourth-order valence-corrected chi connectivity index (χ4v) is 3.94. The van der Waals surface area contributed by atoms with E-state index in [2.05, 4.69) is 17.3 Å². The van der Waals surface area contributed by atoms with Crippen LogP contribution in [0.15, 0.2) is 0 Å². The van der Waals surface area contributed by atoms with E-state index < -0.39 is 11.2 Å². The molecule has 1 aromatic heterocycles. The smallest absolute Gasteiger partial charge is 0.410 e. The molecule has 0 aliphatic carbocycles. The summed E-state index contributed by atoms with van der Waals surface area (Å²) in [5.41, 5.74) is 2.42. The fraction of sp³-hybridized carbons (Fsp3) is 0.778. The quantitative estimate of drug-likeness (QED) is 0.840. The van der Waals surface area contributed by atoms with Crippen LogP contribution in [0, 0.1) is 13.8 Å². The molecule has 0 aromatic carbocycles. The first-order valence-electron chi connectivity index (χ1n) is 8.98. The Morgan fingerprint density at radius 2 is 2.12 bits per heavy atom. The minimum absolute atomic E-state index is 0.0300. The summed E-state index contributed by atoms with van der Waals surface area (Å²) in [5, 5.41) is 8.17. The van der Waals surface area contributed by atoms with Gasteiger partial charge in [-0.15, -0.1) is 0 Å². The third-order valence-corrected chi connectivity index (χ3v) is 5.13. The maximum atomic E-state index is 12.5. The zero-order valence-corrected chi connectivity index (χ0v) is 16.2. The minimum atomic E-state index is -0.492. The molecule has 7 nitrogen and oxygen atoms in total. The Morgan fingerprint density at radius 1 is 1.40 bits per heavy atom. The van der Waals surface area contributed by atoms with E-state index in [9.17, 15) is 4.79 Å². The monoisotopic (exact) mass is 350 g/mol. The van der Waals surface area contributed by atoms with Crippen molar-refractivity contribution in [2.24, 2.45) is 7.05 Å². The molecule has 7 heteroatoms. The summed E-state index contributed by atoms with van der Waals surface area (Å²) >= 11 is 0. The van der Waals surface area contributed by atoms with Crippen LogP contribution < -0.4 is 5.32 Å². The van der Waals surface area contributed by atoms with Crippen LogP contribution in [0.25, 0.3) is 0 Å². The highest BCUT2D eigenvalue weighted by atomic mass is 16.6. The number of rotatable bonds is 1. The molecule has 0 saturated carbocycles. The van der Waals surface area contributed by atoms with E-state index >= 15 is 0 Å². The molecule has 2 atom stereocenters. The van der Waals surface area contributed by atoms with E-state index in [0.717, 1.165) is 24.4 Å². The number of amides is 1. The maximum Gasteiger partial charge on any atom is 0.410 e. The number of aromatic nitrogens is 2. The number of hydrogen-bond donors (Lipinski definition) is 1. The predicted octanol–water partition coefficient (Wildman–Crippen LogP) is 2.08. The van der Waals surface area contributed by atoms with Gasteiger partial charge < -0.3 is 19.7 Å². The molecule has 3 heterocycles. The van der Waals surface area contributed by atoms with Gasteiger partial charge in [-0.25, -0.2) is 4.79 Å². The molecule has 2 saturated heterocycles. The Bertz CT molecular complexity index is 664. The first-order chi connectivity index (χ1) is 11.6. The number of carbonyl (C=O) groups is 1. The third-order valence-electron chi connectivity index (χ3n) is 5.13. The lowest BCUT2D eigenvalue weighted by Gasteiger charge is -2.42. The van der Waals surface area contributed by atoms with Gasteiger partial charge >= 0.3 is 6.09 Å². The van der Waals surface area contributed by atoms with Gasteiger partial charge in [-0.2, -0.15) is 5.10 Å². The average Bonchev–Trinajstić information content (AvgIpc) is 3.02. The predicted molar refractivity (Wildman–Crippen MR) is 94.5 cm³/mol. The van der Waals surface area contributed by atoms with E-state index in [1.807, 2.05) is 39.4 Å². The number of nitrogens with one attached hydrogen (secondary N) is 1. The molecule has 1 spiro atoms. The van der Waals surface area contributed by atoms with Crippen LogP contribution in [0.2, 0.25) is 0 Å². The van der Waals surface area contributed by atoms with E-state index in [1.54, 1.807) is 4.90 Å². The maximum absolute atomic E-state index is 12.5. The van der Waals surface area contributed by atoms with Crippen molar-refractivity contribution in [3.63, 3.8) is 0 Å². The second-order valence-corrected chi connectivity index (χ2v) is 8.16. The van der Waals surface area contributed by atoms with Crippen LogP contribution in [-0.4, -0.2) is 58.2 Å². The van der Waals surface area contributed by atoms with Crippen molar-refractivity contribution < 1.29 is 14.3 Å². The second-order valence-electron chi connectivity index (χ2n) is 8.16. The van der Waals surface area contributed by atoms with Crippen molar-refractivity contribution in [3.8, 4) is 0 Å². The standard InChI is InChI=1S/C18H30N4O3/c1-12-14(13(2)21(6)20-12)15-18(24-10-8-19-15)7-9-22(11-18)16(23)25-17(3,4)5/h15,19H,7-11H2,1-6H3. The van der Waals surface area contributed by atoms with Gasteiger partial charge in [-0.3, -0.25) is 4.68 Å². The molecule has 1 amide bonds. The number of hydrogen-bond acceptors (Lipinski definition) is 5. The first-order valence-corrected chi connectivity index (χ1v) is 8.98. The van der Waals surface area contributed by atoms with E-state index in [0.29, 0.717) is 19.7 Å². The summed E-state index contributed by atoms with van der Waals surface area (Å²) in [6, 6.07) is 0.0300. The molecule has 0 bridgehead atoms. The van der Waals surface area contributed by atoms with Crippen LogP contribution in [0.1, 0.15) is 50.2 Å². The number of carbonyl (C=O) groups excluding carboxylic acids is 1. The summed E-state index contributed by atoms with van der Waals surface area (Å²) in [7, 11) is 1.96. The van der Waals surface area contributed by atoms with Crippen LogP contribution in [0.4, 0.5) is 4.79 Å². The van der Waals surface area contributed by atoms with Gasteiger partial charge in [0.2, 0.25) is 0 Å². The van der Waals surface area contributed by atoms with Gasteiger partial charge in [0.15, 0.2) is 0 Å². The summed E-state index contributed by atoms with van der Waals surface area (Å²) < 4.78 is 13.7. The number of nitrogens with zero attached hydrogens (tertiary/aromatic N) is 3. The van der Waals surface area contributed by atoms with Crippen molar-refractivity contribution in [1.29, 1.82) is 0 Å². The zero-order valence-electron chi connectivity index (χ0n) is 16.2. The van der Waals surface area contributed by atoms with Crippen molar-refractivity contribution in [2.75, 3.05) is 26.2 Å². The van der Waals surface area contributed by atoms with Crippen molar-refractivity contribution in [1.82, 2.24) is 20.0 Å². The molecule has 1 N–H and O–H groups in total. The van der Waals surface area contributed by atoms with Crippen LogP contribution in [-0.2, 0) is 16.5 Å². The van der Waals surface area contributed by atoms with Gasteiger partial charge in [0.1, 0.15) is 11.2 Å². The van der Waals surface area contributed by atoms with Crippen LogP contribution >= 0.6 is 0 Å². The number of likely N-dealkylation sites (tertiary alicyclic amines) is 1. The Balaban J connectivity index is 1.85. The summed E-state index contributed by atoms with van der Waals surface area (Å²) in [4.78, 5) is 14.2. The lowest BCUT2D eigenvalue weighted by Crippen LogP contribution is -2.54. The molecule has 2 aliphatic rings. The number of morpholine rings is 1. The normalized spacial score (nSPS) is 27.1. The van der Waals surface area contributed by atoms with Gasteiger partial charge in [0.25, 0.3) is 0 Å². The Labute approximate surface area is 149 Å². The van der Waals surface area contributed by atoms with Crippen molar-refractivity contribution >= 4 is 6.09 Å². The van der Waals surface area contributed by atoms with Gasteiger partial charge in [-0.1, -0.05) is 0 Å².